The van der Waals surface area contributed by atoms with Crippen LogP contribution >= 0.6 is 11.8 Å². The van der Waals surface area contributed by atoms with Crippen LogP contribution < -0.4 is 5.56 Å². The second kappa shape index (κ2) is 6.50. The molecule has 26 heavy (non-hydrogen) atoms. The average Bonchev–Trinajstić information content (AvgIpc) is 3.04. The van der Waals surface area contributed by atoms with E-state index in [0.717, 1.165) is 39.2 Å². The summed E-state index contributed by atoms with van der Waals surface area (Å²) in [5.74, 6) is 0.928. The largest absolute Gasteiger partial charge is 0.322 e. The molecule has 0 saturated heterocycles. The van der Waals surface area contributed by atoms with E-state index >= 15 is 0 Å². The standard InChI is InChI=1S/C21H19N3OS/c1-13-10-17(11-16-6-9-20(25)23-21(13)16)24-12-19(22-14(24)2)15-4-7-18(26-3)8-5-15/h4-12H,1-3H3,(H,23,25). The molecule has 4 rings (SSSR count). The van der Waals surface area contributed by atoms with Crippen molar-refractivity contribution in [2.24, 2.45) is 0 Å². The minimum absolute atomic E-state index is 0.0804. The van der Waals surface area contributed by atoms with E-state index < -0.39 is 0 Å². The van der Waals surface area contributed by atoms with Crippen molar-refractivity contribution in [1.82, 2.24) is 14.5 Å². The molecule has 0 fully saturated rings. The highest BCUT2D eigenvalue weighted by Gasteiger charge is 2.10. The van der Waals surface area contributed by atoms with Crippen LogP contribution in [0.25, 0.3) is 27.8 Å². The van der Waals surface area contributed by atoms with Crippen molar-refractivity contribution in [2.45, 2.75) is 18.7 Å². The van der Waals surface area contributed by atoms with E-state index in [1.54, 1.807) is 17.8 Å². The Kier molecular flexibility index (Phi) is 4.17. The summed E-state index contributed by atoms with van der Waals surface area (Å²) in [6, 6.07) is 16.0. The third-order valence-electron chi connectivity index (χ3n) is 4.56. The van der Waals surface area contributed by atoms with Crippen LogP contribution in [0.2, 0.25) is 0 Å². The quantitative estimate of drug-likeness (QED) is 0.537. The number of nitrogens with one attached hydrogen (secondary N) is 1. The lowest BCUT2D eigenvalue weighted by Gasteiger charge is -2.09. The molecular formula is C21H19N3OS. The predicted molar refractivity (Wildman–Crippen MR) is 108 cm³/mol. The smallest absolute Gasteiger partial charge is 0.248 e. The first-order valence-electron chi connectivity index (χ1n) is 8.39. The molecule has 5 heteroatoms. The summed E-state index contributed by atoms with van der Waals surface area (Å²) in [6.07, 6.45) is 4.14. The molecule has 0 bridgehead atoms. The second-order valence-electron chi connectivity index (χ2n) is 6.32. The Hall–Kier alpha value is -2.79. The maximum atomic E-state index is 11.6. The Morgan fingerprint density at radius 1 is 1.04 bits per heavy atom. The molecule has 130 valence electrons. The summed E-state index contributed by atoms with van der Waals surface area (Å²) in [7, 11) is 0. The van der Waals surface area contributed by atoms with E-state index in [-0.39, 0.29) is 5.56 Å². The van der Waals surface area contributed by atoms with E-state index in [4.69, 9.17) is 4.98 Å². The lowest BCUT2D eigenvalue weighted by atomic mass is 10.1. The lowest BCUT2D eigenvalue weighted by molar-refractivity contribution is 0.975. The number of aryl methyl sites for hydroxylation is 2. The number of H-pyrrole nitrogens is 1. The molecule has 0 saturated carbocycles. The van der Waals surface area contributed by atoms with E-state index in [1.165, 1.54) is 4.90 Å². The highest BCUT2D eigenvalue weighted by Crippen LogP contribution is 2.26. The van der Waals surface area contributed by atoms with Gasteiger partial charge < -0.3 is 9.55 Å². The fourth-order valence-corrected chi connectivity index (χ4v) is 3.61. The van der Waals surface area contributed by atoms with Gasteiger partial charge in [0.1, 0.15) is 5.82 Å². The molecule has 0 unspecified atom stereocenters. The van der Waals surface area contributed by atoms with E-state index in [1.807, 2.05) is 19.9 Å². The van der Waals surface area contributed by atoms with Crippen LogP contribution in [0.1, 0.15) is 11.4 Å². The molecule has 1 N–H and O–H groups in total. The minimum Gasteiger partial charge on any atom is -0.322 e. The zero-order valence-electron chi connectivity index (χ0n) is 14.9. The number of aromatic nitrogens is 3. The average molecular weight is 361 g/mol. The molecule has 4 aromatic rings. The highest BCUT2D eigenvalue weighted by atomic mass is 32.2. The normalized spacial score (nSPS) is 11.2. The summed E-state index contributed by atoms with van der Waals surface area (Å²) in [5.41, 5.74) is 4.93. The van der Waals surface area contributed by atoms with Crippen molar-refractivity contribution in [3.63, 3.8) is 0 Å². The zero-order chi connectivity index (χ0) is 18.3. The maximum absolute atomic E-state index is 11.6. The zero-order valence-corrected chi connectivity index (χ0v) is 15.7. The van der Waals surface area contributed by atoms with Crippen molar-refractivity contribution in [3.05, 3.63) is 76.5 Å². The first-order valence-corrected chi connectivity index (χ1v) is 9.62. The third-order valence-corrected chi connectivity index (χ3v) is 5.30. The predicted octanol–water partition coefficient (Wildman–Crippen LogP) is 4.72. The van der Waals surface area contributed by atoms with Gasteiger partial charge >= 0.3 is 0 Å². The number of imidazole rings is 1. The molecule has 2 aromatic heterocycles. The molecular weight excluding hydrogens is 342 g/mol. The molecule has 2 heterocycles. The Balaban J connectivity index is 1.81. The molecule has 0 spiro atoms. The van der Waals surface area contributed by atoms with Gasteiger partial charge in [0.15, 0.2) is 0 Å². The van der Waals surface area contributed by atoms with Crippen LogP contribution in [0.15, 0.2) is 64.4 Å². The summed E-state index contributed by atoms with van der Waals surface area (Å²) in [6.45, 7) is 4.02. The minimum atomic E-state index is -0.0804. The fraction of sp³-hybridized carbons (Fsp3) is 0.143. The van der Waals surface area contributed by atoms with E-state index in [2.05, 4.69) is 58.4 Å². The number of hydrogen-bond acceptors (Lipinski definition) is 3. The summed E-state index contributed by atoms with van der Waals surface area (Å²) in [5, 5.41) is 1.01. The Morgan fingerprint density at radius 2 is 1.81 bits per heavy atom. The molecule has 0 aliphatic heterocycles. The number of fused-ring (bicyclic) bond motifs is 1. The topological polar surface area (TPSA) is 50.7 Å². The van der Waals surface area contributed by atoms with Crippen molar-refractivity contribution >= 4 is 22.7 Å². The Labute approximate surface area is 155 Å². The van der Waals surface area contributed by atoms with Gasteiger partial charge in [-0.2, -0.15) is 0 Å². The van der Waals surface area contributed by atoms with Gasteiger partial charge in [0.2, 0.25) is 5.56 Å². The number of pyridine rings is 1. The number of nitrogens with zero attached hydrogens (tertiary/aromatic N) is 2. The highest BCUT2D eigenvalue weighted by molar-refractivity contribution is 7.98. The number of thioether (sulfide) groups is 1. The van der Waals surface area contributed by atoms with Crippen LogP contribution in [-0.2, 0) is 0 Å². The summed E-state index contributed by atoms with van der Waals surface area (Å²) >= 11 is 1.73. The van der Waals surface area contributed by atoms with Crippen molar-refractivity contribution in [3.8, 4) is 16.9 Å². The molecule has 2 aromatic carbocycles. The van der Waals surface area contributed by atoms with Gasteiger partial charge in [-0.1, -0.05) is 12.1 Å². The molecule has 0 amide bonds. The van der Waals surface area contributed by atoms with Crippen molar-refractivity contribution < 1.29 is 0 Å². The van der Waals surface area contributed by atoms with Crippen molar-refractivity contribution in [1.29, 1.82) is 0 Å². The van der Waals surface area contributed by atoms with Crippen LogP contribution in [0.4, 0.5) is 0 Å². The fourth-order valence-electron chi connectivity index (χ4n) is 3.20. The van der Waals surface area contributed by atoms with Gasteiger partial charge in [0.05, 0.1) is 11.2 Å². The van der Waals surface area contributed by atoms with Crippen molar-refractivity contribution in [2.75, 3.05) is 6.26 Å². The van der Waals surface area contributed by atoms with E-state index in [9.17, 15) is 4.79 Å². The molecule has 0 aliphatic carbocycles. The Morgan fingerprint density at radius 3 is 2.54 bits per heavy atom. The first-order chi connectivity index (χ1) is 12.5. The maximum Gasteiger partial charge on any atom is 0.248 e. The Bertz CT molecular complexity index is 1160. The SMILES string of the molecule is CSc1ccc(-c2cn(-c3cc(C)c4[nH]c(=O)ccc4c3)c(C)n2)cc1. The van der Waals surface area contributed by atoms with Crippen LogP contribution in [0, 0.1) is 13.8 Å². The summed E-state index contributed by atoms with van der Waals surface area (Å²) in [4.78, 5) is 20.5. The molecule has 0 aliphatic rings. The van der Waals surface area contributed by atoms with Crippen LogP contribution in [0.3, 0.4) is 0 Å². The van der Waals surface area contributed by atoms with E-state index in [0.29, 0.717) is 0 Å². The lowest BCUT2D eigenvalue weighted by Crippen LogP contribution is -2.04. The van der Waals surface area contributed by atoms with Crippen LogP contribution in [-0.4, -0.2) is 20.8 Å². The molecule has 4 nitrogen and oxygen atoms in total. The third kappa shape index (κ3) is 2.95. The number of hydrogen-bond donors (Lipinski definition) is 1. The molecule has 0 radical (unpaired) electrons. The van der Waals surface area contributed by atoms with Crippen LogP contribution in [0.5, 0.6) is 0 Å². The van der Waals surface area contributed by atoms with Gasteiger partial charge in [-0.3, -0.25) is 4.79 Å². The van der Waals surface area contributed by atoms with Gasteiger partial charge in [-0.25, -0.2) is 4.98 Å². The summed E-state index contributed by atoms with van der Waals surface area (Å²) < 4.78 is 2.09. The van der Waals surface area contributed by atoms with Gasteiger partial charge in [-0.15, -0.1) is 11.8 Å². The molecule has 0 atom stereocenters. The number of benzene rings is 2. The second-order valence-corrected chi connectivity index (χ2v) is 7.20. The van der Waals surface area contributed by atoms with Gasteiger partial charge in [-0.05, 0) is 56.0 Å². The number of rotatable bonds is 3. The first kappa shape index (κ1) is 16.7. The monoisotopic (exact) mass is 361 g/mol. The number of aromatic amines is 1. The van der Waals surface area contributed by atoms with Gasteiger partial charge in [0.25, 0.3) is 0 Å². The van der Waals surface area contributed by atoms with Gasteiger partial charge in [0, 0.05) is 33.8 Å².